The zero-order valence-electron chi connectivity index (χ0n) is 13.8. The number of carbonyl (C=O) groups excluding carboxylic acids is 1. The number of para-hydroxylation sites is 1. The molecule has 25 heavy (non-hydrogen) atoms. The van der Waals surface area contributed by atoms with Crippen LogP contribution in [0.4, 0.5) is 11.4 Å². The molecule has 0 aliphatic heterocycles. The molecule has 0 aliphatic carbocycles. The van der Waals surface area contributed by atoms with E-state index in [0.29, 0.717) is 16.9 Å². The van der Waals surface area contributed by atoms with E-state index in [2.05, 4.69) is 5.32 Å². The summed E-state index contributed by atoms with van der Waals surface area (Å²) in [6.07, 6.45) is 0. The van der Waals surface area contributed by atoms with Gasteiger partial charge >= 0.3 is 5.97 Å². The van der Waals surface area contributed by atoms with Crippen LogP contribution in [-0.4, -0.2) is 31.9 Å². The SMILES string of the molecule is CC(=O)Nc1ccc(S(=O)(=O)N(CC(=O)O)c2ccccc2C)cc1. The van der Waals surface area contributed by atoms with Crippen LogP contribution in [0.15, 0.2) is 53.4 Å². The van der Waals surface area contributed by atoms with Gasteiger partial charge < -0.3 is 10.4 Å². The van der Waals surface area contributed by atoms with Gasteiger partial charge in [0.1, 0.15) is 6.54 Å². The lowest BCUT2D eigenvalue weighted by molar-refractivity contribution is -0.135. The van der Waals surface area contributed by atoms with Crippen molar-refractivity contribution in [2.45, 2.75) is 18.7 Å². The number of aliphatic carboxylic acids is 1. The van der Waals surface area contributed by atoms with Gasteiger partial charge in [-0.05, 0) is 42.8 Å². The molecule has 0 unspecified atom stereocenters. The number of carboxylic acids is 1. The Kier molecular flexibility index (Phi) is 5.43. The molecule has 0 bridgehead atoms. The Bertz CT molecular complexity index is 892. The third kappa shape index (κ3) is 4.36. The van der Waals surface area contributed by atoms with Gasteiger partial charge in [0.15, 0.2) is 0 Å². The maximum Gasteiger partial charge on any atom is 0.324 e. The van der Waals surface area contributed by atoms with Crippen LogP contribution in [0, 0.1) is 6.92 Å². The number of anilines is 2. The molecule has 8 heteroatoms. The van der Waals surface area contributed by atoms with E-state index in [0.717, 1.165) is 4.31 Å². The topological polar surface area (TPSA) is 104 Å². The first-order chi connectivity index (χ1) is 11.7. The lowest BCUT2D eigenvalue weighted by Gasteiger charge is -2.24. The molecule has 0 atom stereocenters. The highest BCUT2D eigenvalue weighted by molar-refractivity contribution is 7.92. The Morgan fingerprint density at radius 1 is 1.08 bits per heavy atom. The number of hydrogen-bond donors (Lipinski definition) is 2. The monoisotopic (exact) mass is 362 g/mol. The molecule has 0 spiro atoms. The van der Waals surface area contributed by atoms with Crippen molar-refractivity contribution in [2.75, 3.05) is 16.2 Å². The fourth-order valence-corrected chi connectivity index (χ4v) is 3.79. The molecule has 0 aliphatic rings. The molecule has 0 saturated carbocycles. The van der Waals surface area contributed by atoms with Crippen LogP contribution in [0.1, 0.15) is 12.5 Å². The van der Waals surface area contributed by atoms with E-state index >= 15 is 0 Å². The zero-order chi connectivity index (χ0) is 18.6. The second kappa shape index (κ2) is 7.35. The van der Waals surface area contributed by atoms with Crippen molar-refractivity contribution in [1.29, 1.82) is 0 Å². The summed E-state index contributed by atoms with van der Waals surface area (Å²) in [5.74, 6) is -1.54. The van der Waals surface area contributed by atoms with E-state index in [-0.39, 0.29) is 10.8 Å². The molecule has 7 nitrogen and oxygen atoms in total. The Hall–Kier alpha value is -2.87. The van der Waals surface area contributed by atoms with Crippen LogP contribution >= 0.6 is 0 Å². The molecule has 0 saturated heterocycles. The summed E-state index contributed by atoms with van der Waals surface area (Å²) in [6.45, 7) is 2.36. The molecule has 2 aromatic carbocycles. The molecule has 0 heterocycles. The number of aryl methyl sites for hydroxylation is 1. The largest absolute Gasteiger partial charge is 0.480 e. The van der Waals surface area contributed by atoms with E-state index in [1.807, 2.05) is 0 Å². The van der Waals surface area contributed by atoms with Crippen molar-refractivity contribution in [3.8, 4) is 0 Å². The summed E-state index contributed by atoms with van der Waals surface area (Å²) in [4.78, 5) is 22.2. The minimum atomic E-state index is -4.08. The van der Waals surface area contributed by atoms with E-state index in [1.54, 1.807) is 31.2 Å². The van der Waals surface area contributed by atoms with Gasteiger partial charge in [0, 0.05) is 12.6 Å². The van der Waals surface area contributed by atoms with Crippen molar-refractivity contribution in [2.24, 2.45) is 0 Å². The summed E-state index contributed by atoms with van der Waals surface area (Å²) < 4.78 is 26.7. The van der Waals surface area contributed by atoms with Gasteiger partial charge in [-0.1, -0.05) is 18.2 Å². The molecule has 0 fully saturated rings. The predicted octanol–water partition coefficient (Wildman–Crippen LogP) is 2.23. The molecule has 1 amide bonds. The normalized spacial score (nSPS) is 11.0. The smallest absolute Gasteiger partial charge is 0.324 e. The van der Waals surface area contributed by atoms with Crippen molar-refractivity contribution in [3.63, 3.8) is 0 Å². The first-order valence-electron chi connectivity index (χ1n) is 7.39. The molecule has 0 radical (unpaired) electrons. The predicted molar refractivity (Wildman–Crippen MR) is 94.1 cm³/mol. The number of nitrogens with zero attached hydrogens (tertiary/aromatic N) is 1. The van der Waals surface area contributed by atoms with Crippen LogP contribution in [-0.2, 0) is 19.6 Å². The molecular weight excluding hydrogens is 344 g/mol. The number of sulfonamides is 1. The number of nitrogens with one attached hydrogen (secondary N) is 1. The quantitative estimate of drug-likeness (QED) is 0.820. The fraction of sp³-hybridized carbons (Fsp3) is 0.176. The Balaban J connectivity index is 2.46. The van der Waals surface area contributed by atoms with Crippen LogP contribution < -0.4 is 9.62 Å². The van der Waals surface area contributed by atoms with Crippen LogP contribution in [0.2, 0.25) is 0 Å². The van der Waals surface area contributed by atoms with Crippen LogP contribution in [0.5, 0.6) is 0 Å². The maximum absolute atomic E-state index is 12.9. The van der Waals surface area contributed by atoms with Crippen molar-refractivity contribution in [1.82, 2.24) is 0 Å². The summed E-state index contributed by atoms with van der Waals surface area (Å²) in [7, 11) is -4.08. The third-order valence-electron chi connectivity index (χ3n) is 3.43. The number of carboxylic acid groups (broad SMARTS) is 1. The molecule has 2 N–H and O–H groups in total. The Labute approximate surface area is 146 Å². The Morgan fingerprint density at radius 3 is 2.20 bits per heavy atom. The van der Waals surface area contributed by atoms with Gasteiger partial charge in [-0.3, -0.25) is 13.9 Å². The standard InChI is InChI=1S/C17H18N2O5S/c1-12-5-3-4-6-16(12)19(11-17(21)22)25(23,24)15-9-7-14(8-10-15)18-13(2)20/h3-10H,11H2,1-2H3,(H,18,20)(H,21,22). The summed E-state index contributed by atoms with van der Waals surface area (Å²) in [5, 5.41) is 11.7. The molecule has 2 aromatic rings. The van der Waals surface area contributed by atoms with Gasteiger partial charge in [0.2, 0.25) is 5.91 Å². The minimum absolute atomic E-state index is 0.0638. The van der Waals surface area contributed by atoms with E-state index in [1.165, 1.54) is 31.2 Å². The summed E-state index contributed by atoms with van der Waals surface area (Å²) >= 11 is 0. The van der Waals surface area contributed by atoms with Crippen molar-refractivity contribution in [3.05, 3.63) is 54.1 Å². The van der Waals surface area contributed by atoms with Gasteiger partial charge in [-0.15, -0.1) is 0 Å². The number of carbonyl (C=O) groups is 2. The molecule has 132 valence electrons. The van der Waals surface area contributed by atoms with Crippen molar-refractivity contribution < 1.29 is 23.1 Å². The summed E-state index contributed by atoms with van der Waals surface area (Å²) in [6, 6.07) is 12.2. The average molecular weight is 362 g/mol. The highest BCUT2D eigenvalue weighted by atomic mass is 32.2. The van der Waals surface area contributed by atoms with E-state index in [9.17, 15) is 18.0 Å². The lowest BCUT2D eigenvalue weighted by Crippen LogP contribution is -2.36. The zero-order valence-corrected chi connectivity index (χ0v) is 14.6. The number of amides is 1. The number of hydrogen-bond acceptors (Lipinski definition) is 4. The van der Waals surface area contributed by atoms with Crippen LogP contribution in [0.25, 0.3) is 0 Å². The van der Waals surface area contributed by atoms with Gasteiger partial charge in [0.25, 0.3) is 10.0 Å². The first kappa shape index (κ1) is 18.5. The van der Waals surface area contributed by atoms with E-state index < -0.39 is 22.5 Å². The second-order valence-electron chi connectivity index (χ2n) is 5.40. The molecule has 0 aromatic heterocycles. The highest BCUT2D eigenvalue weighted by Gasteiger charge is 2.28. The lowest BCUT2D eigenvalue weighted by atomic mass is 10.2. The van der Waals surface area contributed by atoms with E-state index in [4.69, 9.17) is 5.11 Å². The highest BCUT2D eigenvalue weighted by Crippen LogP contribution is 2.27. The summed E-state index contributed by atoms with van der Waals surface area (Å²) in [5.41, 5.74) is 1.39. The minimum Gasteiger partial charge on any atom is -0.480 e. The Morgan fingerprint density at radius 2 is 1.68 bits per heavy atom. The maximum atomic E-state index is 12.9. The van der Waals surface area contributed by atoms with Crippen LogP contribution in [0.3, 0.4) is 0 Å². The number of rotatable bonds is 6. The second-order valence-corrected chi connectivity index (χ2v) is 7.26. The third-order valence-corrected chi connectivity index (χ3v) is 5.20. The molecule has 2 rings (SSSR count). The number of benzene rings is 2. The van der Waals surface area contributed by atoms with Gasteiger partial charge in [-0.25, -0.2) is 8.42 Å². The molecular formula is C17H18N2O5S. The van der Waals surface area contributed by atoms with Gasteiger partial charge in [0.05, 0.1) is 10.6 Å². The van der Waals surface area contributed by atoms with Crippen molar-refractivity contribution >= 4 is 33.3 Å². The average Bonchev–Trinajstić information content (AvgIpc) is 2.53. The fourth-order valence-electron chi connectivity index (χ4n) is 2.31. The van der Waals surface area contributed by atoms with Gasteiger partial charge in [-0.2, -0.15) is 0 Å². The first-order valence-corrected chi connectivity index (χ1v) is 8.83.